The van der Waals surface area contributed by atoms with Crippen LogP contribution < -0.4 is 11.1 Å². The normalized spacial score (nSPS) is 24.2. The first kappa shape index (κ1) is 15.4. The van der Waals surface area contributed by atoms with Gasteiger partial charge in [-0.3, -0.25) is 4.79 Å². The van der Waals surface area contributed by atoms with Crippen LogP contribution in [0.2, 0.25) is 0 Å². The van der Waals surface area contributed by atoms with E-state index in [1.165, 1.54) is 6.42 Å². The van der Waals surface area contributed by atoms with Crippen molar-refractivity contribution in [3.8, 4) is 0 Å². The predicted molar refractivity (Wildman–Crippen MR) is 75.3 cm³/mol. The molecule has 18 heavy (non-hydrogen) atoms. The minimum Gasteiger partial charge on any atom is -0.356 e. The van der Waals surface area contributed by atoms with Crippen molar-refractivity contribution in [2.24, 2.45) is 11.7 Å². The molecule has 0 bridgehead atoms. The van der Waals surface area contributed by atoms with Gasteiger partial charge in [-0.15, -0.1) is 0 Å². The van der Waals surface area contributed by atoms with Crippen LogP contribution >= 0.6 is 0 Å². The lowest BCUT2D eigenvalue weighted by Crippen LogP contribution is -2.44. The third kappa shape index (κ3) is 4.94. The largest absolute Gasteiger partial charge is 0.356 e. The quantitative estimate of drug-likeness (QED) is 0.675. The lowest BCUT2D eigenvalue weighted by molar-refractivity contribution is -0.126. The zero-order valence-corrected chi connectivity index (χ0v) is 12.0. The number of amides is 1. The van der Waals surface area contributed by atoms with E-state index < -0.39 is 0 Å². The highest BCUT2D eigenvalue weighted by molar-refractivity contribution is 5.79. The van der Waals surface area contributed by atoms with E-state index in [0.717, 1.165) is 51.9 Å². The fourth-order valence-corrected chi connectivity index (χ4v) is 2.67. The first-order chi connectivity index (χ1) is 8.69. The molecule has 1 aliphatic rings. The Morgan fingerprint density at radius 1 is 1.28 bits per heavy atom. The number of nitrogens with two attached hydrogens (primary N) is 1. The number of carbonyl (C=O) groups excluding carboxylic acids is 1. The van der Waals surface area contributed by atoms with E-state index in [2.05, 4.69) is 24.1 Å². The van der Waals surface area contributed by atoms with E-state index in [1.807, 2.05) is 0 Å². The van der Waals surface area contributed by atoms with Gasteiger partial charge in [0, 0.05) is 12.6 Å². The van der Waals surface area contributed by atoms with Gasteiger partial charge in [0.25, 0.3) is 0 Å². The molecular weight excluding hydrogens is 226 g/mol. The molecule has 4 nitrogen and oxygen atoms in total. The van der Waals surface area contributed by atoms with E-state index in [-0.39, 0.29) is 17.9 Å². The Balaban J connectivity index is 2.16. The van der Waals surface area contributed by atoms with Crippen LogP contribution in [0.5, 0.6) is 0 Å². The lowest BCUT2D eigenvalue weighted by Gasteiger charge is -2.27. The van der Waals surface area contributed by atoms with Gasteiger partial charge in [0.2, 0.25) is 5.91 Å². The molecule has 0 aromatic rings. The van der Waals surface area contributed by atoms with E-state index >= 15 is 0 Å². The molecular formula is C14H29N3O. The average molecular weight is 255 g/mol. The van der Waals surface area contributed by atoms with Crippen LogP contribution in [0.4, 0.5) is 0 Å². The molecule has 0 heterocycles. The molecule has 0 aromatic heterocycles. The van der Waals surface area contributed by atoms with Crippen LogP contribution in [-0.4, -0.2) is 43.0 Å². The van der Waals surface area contributed by atoms with Gasteiger partial charge in [0.1, 0.15) is 0 Å². The van der Waals surface area contributed by atoms with Crippen LogP contribution in [0, 0.1) is 5.92 Å². The molecule has 0 radical (unpaired) electrons. The molecule has 1 rings (SSSR count). The first-order valence-corrected chi connectivity index (χ1v) is 7.44. The van der Waals surface area contributed by atoms with Crippen LogP contribution in [0.25, 0.3) is 0 Å². The van der Waals surface area contributed by atoms with Gasteiger partial charge in [0.15, 0.2) is 0 Å². The molecule has 2 unspecified atom stereocenters. The Bertz CT molecular complexity index is 241. The highest BCUT2D eigenvalue weighted by Gasteiger charge is 2.27. The number of rotatable bonds is 7. The highest BCUT2D eigenvalue weighted by atomic mass is 16.1. The Labute approximate surface area is 111 Å². The van der Waals surface area contributed by atoms with Gasteiger partial charge in [0.05, 0.1) is 5.92 Å². The molecule has 0 aliphatic heterocycles. The van der Waals surface area contributed by atoms with Crippen LogP contribution in [0.3, 0.4) is 0 Å². The molecule has 1 amide bonds. The van der Waals surface area contributed by atoms with Gasteiger partial charge >= 0.3 is 0 Å². The summed E-state index contributed by atoms with van der Waals surface area (Å²) in [5, 5.41) is 3.04. The number of carbonyl (C=O) groups is 1. The number of hydrogen-bond donors (Lipinski definition) is 2. The summed E-state index contributed by atoms with van der Waals surface area (Å²) >= 11 is 0. The second-order valence-corrected chi connectivity index (χ2v) is 5.23. The SMILES string of the molecule is CCN(CC)CCCNC(=O)C1CCCCC1N. The van der Waals surface area contributed by atoms with Crippen molar-refractivity contribution in [2.75, 3.05) is 26.2 Å². The van der Waals surface area contributed by atoms with E-state index in [9.17, 15) is 4.79 Å². The Hall–Kier alpha value is -0.610. The third-order valence-electron chi connectivity index (χ3n) is 4.00. The Kier molecular flexibility index (Phi) is 7.28. The maximum absolute atomic E-state index is 12.0. The van der Waals surface area contributed by atoms with Crippen LogP contribution in [0.15, 0.2) is 0 Å². The van der Waals surface area contributed by atoms with E-state index in [4.69, 9.17) is 5.73 Å². The molecule has 0 aromatic carbocycles. The average Bonchev–Trinajstić information content (AvgIpc) is 2.39. The first-order valence-electron chi connectivity index (χ1n) is 7.44. The molecule has 0 spiro atoms. The van der Waals surface area contributed by atoms with E-state index in [1.54, 1.807) is 0 Å². The maximum Gasteiger partial charge on any atom is 0.224 e. The molecule has 0 saturated heterocycles. The van der Waals surface area contributed by atoms with E-state index in [0.29, 0.717) is 0 Å². The summed E-state index contributed by atoms with van der Waals surface area (Å²) in [4.78, 5) is 14.4. The third-order valence-corrected chi connectivity index (χ3v) is 4.00. The summed E-state index contributed by atoms with van der Waals surface area (Å²) in [5.74, 6) is 0.217. The second kappa shape index (κ2) is 8.48. The lowest BCUT2D eigenvalue weighted by atomic mass is 9.84. The zero-order chi connectivity index (χ0) is 13.4. The minimum atomic E-state index is 0.0483. The maximum atomic E-state index is 12.0. The summed E-state index contributed by atoms with van der Waals surface area (Å²) < 4.78 is 0. The Morgan fingerprint density at radius 3 is 2.56 bits per heavy atom. The summed E-state index contributed by atoms with van der Waals surface area (Å²) in [7, 11) is 0. The summed E-state index contributed by atoms with van der Waals surface area (Å²) in [5.41, 5.74) is 6.01. The monoisotopic (exact) mass is 255 g/mol. The smallest absolute Gasteiger partial charge is 0.224 e. The Morgan fingerprint density at radius 2 is 1.94 bits per heavy atom. The summed E-state index contributed by atoms with van der Waals surface area (Å²) in [6, 6.07) is 0.0709. The van der Waals surface area contributed by atoms with Gasteiger partial charge in [-0.25, -0.2) is 0 Å². The van der Waals surface area contributed by atoms with Gasteiger partial charge in [-0.1, -0.05) is 26.7 Å². The van der Waals surface area contributed by atoms with Crippen molar-refractivity contribution in [3.05, 3.63) is 0 Å². The molecule has 3 N–H and O–H groups in total. The fraction of sp³-hybridized carbons (Fsp3) is 0.929. The van der Waals surface area contributed by atoms with Crippen molar-refractivity contribution in [3.63, 3.8) is 0 Å². The molecule has 4 heteroatoms. The fourth-order valence-electron chi connectivity index (χ4n) is 2.67. The molecule has 1 aliphatic carbocycles. The molecule has 106 valence electrons. The zero-order valence-electron chi connectivity index (χ0n) is 12.0. The number of nitrogens with one attached hydrogen (secondary N) is 1. The predicted octanol–water partition coefficient (Wildman–Crippen LogP) is 1.35. The van der Waals surface area contributed by atoms with Gasteiger partial charge in [-0.05, 0) is 38.9 Å². The molecule has 1 saturated carbocycles. The van der Waals surface area contributed by atoms with Gasteiger partial charge in [-0.2, -0.15) is 0 Å². The highest BCUT2D eigenvalue weighted by Crippen LogP contribution is 2.22. The summed E-state index contributed by atoms with van der Waals surface area (Å²) in [6.07, 6.45) is 5.30. The van der Waals surface area contributed by atoms with Gasteiger partial charge < -0.3 is 16.0 Å². The second-order valence-electron chi connectivity index (χ2n) is 5.23. The van der Waals surface area contributed by atoms with Crippen molar-refractivity contribution < 1.29 is 4.79 Å². The van der Waals surface area contributed by atoms with Crippen molar-refractivity contribution >= 4 is 5.91 Å². The standard InChI is InChI=1S/C14H29N3O/c1-3-17(4-2)11-7-10-16-14(18)12-8-5-6-9-13(12)15/h12-13H,3-11,15H2,1-2H3,(H,16,18). The topological polar surface area (TPSA) is 58.4 Å². The minimum absolute atomic E-state index is 0.0483. The summed E-state index contributed by atoms with van der Waals surface area (Å²) in [6.45, 7) is 8.34. The number of nitrogens with zero attached hydrogens (tertiary/aromatic N) is 1. The molecule has 2 atom stereocenters. The van der Waals surface area contributed by atoms with Crippen molar-refractivity contribution in [1.82, 2.24) is 10.2 Å². The van der Waals surface area contributed by atoms with Crippen LogP contribution in [0.1, 0.15) is 46.0 Å². The van der Waals surface area contributed by atoms with Crippen LogP contribution in [-0.2, 0) is 4.79 Å². The van der Waals surface area contributed by atoms with Crippen molar-refractivity contribution in [1.29, 1.82) is 0 Å². The molecule has 1 fully saturated rings. The van der Waals surface area contributed by atoms with Crippen molar-refractivity contribution in [2.45, 2.75) is 52.0 Å². The number of hydrogen-bond acceptors (Lipinski definition) is 3.